The Bertz CT molecular complexity index is 368. The average Bonchev–Trinajstić information content (AvgIpc) is 2.46. The summed E-state index contributed by atoms with van der Waals surface area (Å²) in [6, 6.07) is 7.74. The van der Waals surface area contributed by atoms with Gasteiger partial charge >= 0.3 is 0 Å². The standard InChI is InChI=1S/C11H11NO/c1-2-7-12-8-9-5-3-4-6-10(9)11(12)13/h2-7H,8H2,1H3. The summed E-state index contributed by atoms with van der Waals surface area (Å²) < 4.78 is 0. The topological polar surface area (TPSA) is 20.3 Å². The average molecular weight is 173 g/mol. The van der Waals surface area contributed by atoms with Gasteiger partial charge in [0.15, 0.2) is 0 Å². The molecule has 1 aliphatic heterocycles. The molecular weight excluding hydrogens is 162 g/mol. The SMILES string of the molecule is CC=CN1Cc2ccccc2C1=O. The zero-order chi connectivity index (χ0) is 9.26. The molecule has 0 saturated carbocycles. The number of fused-ring (bicyclic) bond motifs is 1. The molecule has 0 unspecified atom stereocenters. The Hall–Kier alpha value is -1.57. The number of rotatable bonds is 1. The van der Waals surface area contributed by atoms with E-state index in [1.54, 1.807) is 4.90 Å². The molecule has 1 heterocycles. The van der Waals surface area contributed by atoms with E-state index in [-0.39, 0.29) is 5.91 Å². The summed E-state index contributed by atoms with van der Waals surface area (Å²) in [4.78, 5) is 13.4. The molecule has 66 valence electrons. The highest BCUT2D eigenvalue weighted by Crippen LogP contribution is 2.22. The molecule has 0 aliphatic carbocycles. The normalized spacial score (nSPS) is 15.5. The maximum absolute atomic E-state index is 11.7. The quantitative estimate of drug-likeness (QED) is 0.637. The summed E-state index contributed by atoms with van der Waals surface area (Å²) in [5.74, 6) is 0.105. The van der Waals surface area contributed by atoms with Crippen molar-refractivity contribution in [3.63, 3.8) is 0 Å². The molecule has 13 heavy (non-hydrogen) atoms. The number of allylic oxidation sites excluding steroid dienone is 1. The molecule has 2 nitrogen and oxygen atoms in total. The first-order valence-electron chi connectivity index (χ1n) is 4.34. The van der Waals surface area contributed by atoms with E-state index in [9.17, 15) is 4.79 Å². The zero-order valence-electron chi connectivity index (χ0n) is 7.53. The molecule has 2 heteroatoms. The van der Waals surface area contributed by atoms with Crippen LogP contribution in [0.15, 0.2) is 36.5 Å². The summed E-state index contributed by atoms with van der Waals surface area (Å²) in [6.45, 7) is 2.62. The van der Waals surface area contributed by atoms with Crippen LogP contribution in [0.2, 0.25) is 0 Å². The molecule has 0 aromatic heterocycles. The van der Waals surface area contributed by atoms with Crippen LogP contribution in [0, 0.1) is 0 Å². The second-order valence-electron chi connectivity index (χ2n) is 3.07. The molecule has 0 spiro atoms. The lowest BCUT2D eigenvalue weighted by Gasteiger charge is -2.07. The van der Waals surface area contributed by atoms with E-state index in [1.807, 2.05) is 43.5 Å². The van der Waals surface area contributed by atoms with Crippen LogP contribution in [0.4, 0.5) is 0 Å². The molecule has 2 rings (SSSR count). The summed E-state index contributed by atoms with van der Waals surface area (Å²) in [6.07, 6.45) is 3.70. The van der Waals surface area contributed by atoms with E-state index in [2.05, 4.69) is 0 Å². The van der Waals surface area contributed by atoms with Crippen molar-refractivity contribution in [3.05, 3.63) is 47.7 Å². The summed E-state index contributed by atoms with van der Waals surface area (Å²) >= 11 is 0. The van der Waals surface area contributed by atoms with Crippen LogP contribution in [-0.2, 0) is 6.54 Å². The third-order valence-corrected chi connectivity index (χ3v) is 2.18. The van der Waals surface area contributed by atoms with Crippen molar-refractivity contribution in [1.82, 2.24) is 4.90 Å². The lowest BCUT2D eigenvalue weighted by atomic mass is 10.1. The Balaban J connectivity index is 2.38. The van der Waals surface area contributed by atoms with Crippen LogP contribution in [0.25, 0.3) is 0 Å². The maximum atomic E-state index is 11.7. The Morgan fingerprint density at radius 3 is 2.85 bits per heavy atom. The van der Waals surface area contributed by atoms with Crippen LogP contribution < -0.4 is 0 Å². The van der Waals surface area contributed by atoms with Gasteiger partial charge in [-0.15, -0.1) is 0 Å². The third-order valence-electron chi connectivity index (χ3n) is 2.18. The molecule has 0 fully saturated rings. The first-order valence-corrected chi connectivity index (χ1v) is 4.34. The highest BCUT2D eigenvalue weighted by atomic mass is 16.2. The Morgan fingerprint density at radius 1 is 1.38 bits per heavy atom. The highest BCUT2D eigenvalue weighted by Gasteiger charge is 2.24. The molecule has 1 amide bonds. The molecule has 0 radical (unpaired) electrons. The minimum absolute atomic E-state index is 0.105. The second-order valence-corrected chi connectivity index (χ2v) is 3.07. The highest BCUT2D eigenvalue weighted by molar-refractivity contribution is 5.98. The Labute approximate surface area is 77.5 Å². The van der Waals surface area contributed by atoms with Crippen molar-refractivity contribution in [1.29, 1.82) is 0 Å². The predicted octanol–water partition coefficient (Wildman–Crippen LogP) is 2.18. The van der Waals surface area contributed by atoms with Crippen molar-refractivity contribution in [2.75, 3.05) is 0 Å². The van der Waals surface area contributed by atoms with E-state index in [4.69, 9.17) is 0 Å². The van der Waals surface area contributed by atoms with Gasteiger partial charge in [0.05, 0.1) is 6.54 Å². The van der Waals surface area contributed by atoms with Gasteiger partial charge < -0.3 is 4.90 Å². The monoisotopic (exact) mass is 173 g/mol. The lowest BCUT2D eigenvalue weighted by Crippen LogP contribution is -2.16. The number of carbonyl (C=O) groups excluding carboxylic acids is 1. The van der Waals surface area contributed by atoms with Gasteiger partial charge in [-0.3, -0.25) is 4.79 Å². The van der Waals surface area contributed by atoms with Gasteiger partial charge in [0.2, 0.25) is 0 Å². The Morgan fingerprint density at radius 2 is 2.15 bits per heavy atom. The van der Waals surface area contributed by atoms with Crippen LogP contribution >= 0.6 is 0 Å². The third kappa shape index (κ3) is 1.24. The van der Waals surface area contributed by atoms with Gasteiger partial charge in [0, 0.05) is 11.8 Å². The van der Waals surface area contributed by atoms with E-state index in [0.29, 0.717) is 6.54 Å². The van der Waals surface area contributed by atoms with E-state index in [0.717, 1.165) is 11.1 Å². The zero-order valence-corrected chi connectivity index (χ0v) is 7.53. The molecule has 0 N–H and O–H groups in total. The summed E-state index contributed by atoms with van der Waals surface area (Å²) in [5.41, 5.74) is 1.95. The van der Waals surface area contributed by atoms with Crippen LogP contribution in [0.5, 0.6) is 0 Å². The maximum Gasteiger partial charge on any atom is 0.258 e. The smallest absolute Gasteiger partial charge is 0.258 e. The fourth-order valence-electron chi connectivity index (χ4n) is 1.58. The summed E-state index contributed by atoms with van der Waals surface area (Å²) in [5, 5.41) is 0. The second kappa shape index (κ2) is 3.05. The minimum Gasteiger partial charge on any atom is -0.311 e. The van der Waals surface area contributed by atoms with Crippen LogP contribution in [0.1, 0.15) is 22.8 Å². The van der Waals surface area contributed by atoms with Gasteiger partial charge in [-0.1, -0.05) is 24.3 Å². The molecule has 1 aromatic rings. The first-order chi connectivity index (χ1) is 6.33. The van der Waals surface area contributed by atoms with Crippen molar-refractivity contribution in [2.24, 2.45) is 0 Å². The molecular formula is C11H11NO. The molecule has 1 aromatic carbocycles. The largest absolute Gasteiger partial charge is 0.311 e. The van der Waals surface area contributed by atoms with Crippen molar-refractivity contribution >= 4 is 5.91 Å². The fourth-order valence-corrected chi connectivity index (χ4v) is 1.58. The number of carbonyl (C=O) groups is 1. The van der Waals surface area contributed by atoms with Gasteiger partial charge in [0.1, 0.15) is 0 Å². The predicted molar refractivity (Wildman–Crippen MR) is 51.1 cm³/mol. The van der Waals surface area contributed by atoms with Gasteiger partial charge in [-0.2, -0.15) is 0 Å². The van der Waals surface area contributed by atoms with Gasteiger partial charge in [-0.25, -0.2) is 0 Å². The Kier molecular flexibility index (Phi) is 1.89. The number of hydrogen-bond donors (Lipinski definition) is 0. The molecule has 0 saturated heterocycles. The van der Waals surface area contributed by atoms with Crippen molar-refractivity contribution in [2.45, 2.75) is 13.5 Å². The van der Waals surface area contributed by atoms with E-state index in [1.165, 1.54) is 0 Å². The van der Waals surface area contributed by atoms with Crippen LogP contribution in [-0.4, -0.2) is 10.8 Å². The molecule has 0 bridgehead atoms. The minimum atomic E-state index is 0.105. The number of hydrogen-bond acceptors (Lipinski definition) is 1. The number of benzene rings is 1. The molecule has 1 aliphatic rings. The van der Waals surface area contributed by atoms with Gasteiger partial charge in [0.25, 0.3) is 5.91 Å². The van der Waals surface area contributed by atoms with Crippen molar-refractivity contribution in [3.8, 4) is 0 Å². The van der Waals surface area contributed by atoms with Crippen molar-refractivity contribution < 1.29 is 4.79 Å². The first kappa shape index (κ1) is 8.05. The fraction of sp³-hybridized carbons (Fsp3) is 0.182. The van der Waals surface area contributed by atoms with Gasteiger partial charge in [-0.05, 0) is 18.6 Å². The van der Waals surface area contributed by atoms with Crippen LogP contribution in [0.3, 0.4) is 0 Å². The number of nitrogens with zero attached hydrogens (tertiary/aromatic N) is 1. The lowest BCUT2D eigenvalue weighted by molar-refractivity contribution is 0.0842. The molecule has 0 atom stereocenters. The van der Waals surface area contributed by atoms with E-state index >= 15 is 0 Å². The van der Waals surface area contributed by atoms with E-state index < -0.39 is 0 Å². The summed E-state index contributed by atoms with van der Waals surface area (Å²) in [7, 11) is 0. The number of amides is 1.